The first-order chi connectivity index (χ1) is 13.1. The van der Waals surface area contributed by atoms with Crippen LogP contribution in [0.15, 0.2) is 28.2 Å². The molecular formula is C16H14ClF5N4OS. The Morgan fingerprint density at radius 1 is 1.25 bits per heavy atom. The molecule has 0 spiro atoms. The Morgan fingerprint density at radius 2 is 2.00 bits per heavy atom. The third-order valence-electron chi connectivity index (χ3n) is 3.79. The lowest BCUT2D eigenvalue weighted by Gasteiger charge is -2.22. The molecule has 0 bridgehead atoms. The average molecular weight is 441 g/mol. The number of imidazole rings is 1. The van der Waals surface area contributed by atoms with E-state index in [0.717, 1.165) is 10.6 Å². The van der Waals surface area contributed by atoms with Crippen LogP contribution < -0.4 is 0 Å². The lowest BCUT2D eigenvalue weighted by atomic mass is 10.3. The highest BCUT2D eigenvalue weighted by Gasteiger charge is 2.58. The van der Waals surface area contributed by atoms with Crippen molar-refractivity contribution in [2.45, 2.75) is 30.5 Å². The topological polar surface area (TPSA) is 52.3 Å². The SMILES string of the molecule is CCSc1ccc(Cl)nc1-c1ncc2n1CCN=C2OCC(F)(F)C(F)(F)F. The number of nitrogens with zero attached hydrogens (tertiary/aromatic N) is 4. The van der Waals surface area contributed by atoms with Crippen LogP contribution in [-0.2, 0) is 11.3 Å². The van der Waals surface area contributed by atoms with Crippen molar-refractivity contribution in [3.05, 3.63) is 29.2 Å². The van der Waals surface area contributed by atoms with E-state index in [2.05, 4.69) is 15.0 Å². The van der Waals surface area contributed by atoms with Gasteiger partial charge in [0.05, 0.1) is 12.7 Å². The van der Waals surface area contributed by atoms with Gasteiger partial charge in [-0.2, -0.15) is 22.0 Å². The first-order valence-corrected chi connectivity index (χ1v) is 9.48. The average Bonchev–Trinajstić information content (AvgIpc) is 3.05. The zero-order valence-corrected chi connectivity index (χ0v) is 16.0. The van der Waals surface area contributed by atoms with Gasteiger partial charge in [-0.25, -0.2) is 15.0 Å². The van der Waals surface area contributed by atoms with Gasteiger partial charge < -0.3 is 9.30 Å². The normalized spacial score (nSPS) is 14.6. The monoisotopic (exact) mass is 440 g/mol. The minimum Gasteiger partial charge on any atom is -0.470 e. The quantitative estimate of drug-likeness (QED) is 0.385. The number of aliphatic imine (C=N–C) groups is 1. The fourth-order valence-corrected chi connectivity index (χ4v) is 3.41. The van der Waals surface area contributed by atoms with Crippen LogP contribution in [-0.4, -0.2) is 51.4 Å². The summed E-state index contributed by atoms with van der Waals surface area (Å²) in [5.74, 6) is -4.13. The summed E-state index contributed by atoms with van der Waals surface area (Å²) in [6, 6.07) is 3.43. The number of pyridine rings is 1. The van der Waals surface area contributed by atoms with Crippen LogP contribution in [0.25, 0.3) is 11.5 Å². The minimum atomic E-state index is -5.70. The number of halogens is 6. The standard InChI is InChI=1S/C16H14ClF5N4OS/c1-2-28-10-3-4-11(17)25-12(10)13-24-7-9-14(23-5-6-26(9)13)27-8-15(18,19)16(20,21)22/h3-4,7H,2,5-6,8H2,1H3. The van der Waals surface area contributed by atoms with E-state index in [4.69, 9.17) is 16.3 Å². The van der Waals surface area contributed by atoms with Crippen molar-refractivity contribution in [2.24, 2.45) is 4.99 Å². The zero-order chi connectivity index (χ0) is 20.5. The van der Waals surface area contributed by atoms with Crippen LogP contribution in [0.2, 0.25) is 5.15 Å². The number of thioether (sulfide) groups is 1. The number of ether oxygens (including phenoxy) is 1. The van der Waals surface area contributed by atoms with Gasteiger partial charge in [-0.05, 0) is 17.9 Å². The molecule has 0 saturated carbocycles. The molecule has 3 rings (SSSR count). The fourth-order valence-electron chi connectivity index (χ4n) is 2.51. The number of hydrogen-bond donors (Lipinski definition) is 0. The van der Waals surface area contributed by atoms with Crippen molar-refractivity contribution in [3.63, 3.8) is 0 Å². The molecule has 3 heterocycles. The molecular weight excluding hydrogens is 427 g/mol. The second kappa shape index (κ2) is 7.86. The van der Waals surface area contributed by atoms with Crippen LogP contribution >= 0.6 is 23.4 Å². The van der Waals surface area contributed by atoms with Crippen LogP contribution in [0.1, 0.15) is 12.6 Å². The lowest BCUT2D eigenvalue weighted by Crippen LogP contribution is -2.41. The van der Waals surface area contributed by atoms with Crippen LogP contribution in [0, 0.1) is 0 Å². The lowest BCUT2D eigenvalue weighted by molar-refractivity contribution is -0.291. The number of fused-ring (bicyclic) bond motifs is 1. The second-order valence-corrected chi connectivity index (χ2v) is 7.40. The van der Waals surface area contributed by atoms with Crippen LogP contribution in [0.4, 0.5) is 22.0 Å². The number of aromatic nitrogens is 3. The molecule has 5 nitrogen and oxygen atoms in total. The van der Waals surface area contributed by atoms with Gasteiger partial charge in [-0.3, -0.25) is 0 Å². The van der Waals surface area contributed by atoms with Crippen molar-refractivity contribution in [1.29, 1.82) is 0 Å². The summed E-state index contributed by atoms with van der Waals surface area (Å²) in [7, 11) is 0. The van der Waals surface area contributed by atoms with Gasteiger partial charge in [-0.15, -0.1) is 11.8 Å². The van der Waals surface area contributed by atoms with Gasteiger partial charge in [0.2, 0.25) is 5.90 Å². The number of hydrogen-bond acceptors (Lipinski definition) is 5. The van der Waals surface area contributed by atoms with Gasteiger partial charge in [0.25, 0.3) is 0 Å². The van der Waals surface area contributed by atoms with Crippen molar-refractivity contribution >= 4 is 29.3 Å². The van der Waals surface area contributed by atoms with Crippen molar-refractivity contribution < 1.29 is 26.7 Å². The Labute approximate surface area is 166 Å². The van der Waals surface area contributed by atoms with Gasteiger partial charge >= 0.3 is 12.1 Å². The van der Waals surface area contributed by atoms with E-state index in [1.165, 1.54) is 18.0 Å². The molecule has 0 amide bonds. The Kier molecular flexibility index (Phi) is 5.85. The molecule has 0 atom stereocenters. The van der Waals surface area contributed by atoms with Gasteiger partial charge in [0.15, 0.2) is 12.4 Å². The molecule has 0 saturated heterocycles. The first kappa shape index (κ1) is 20.8. The van der Waals surface area contributed by atoms with Crippen LogP contribution in [0.5, 0.6) is 0 Å². The maximum Gasteiger partial charge on any atom is 0.456 e. The van der Waals surface area contributed by atoms with E-state index in [-0.39, 0.29) is 23.3 Å². The van der Waals surface area contributed by atoms with E-state index in [0.29, 0.717) is 18.1 Å². The van der Waals surface area contributed by atoms with E-state index in [1.807, 2.05) is 6.92 Å². The Morgan fingerprint density at radius 3 is 2.68 bits per heavy atom. The third-order valence-corrected chi connectivity index (χ3v) is 4.93. The largest absolute Gasteiger partial charge is 0.470 e. The Hall–Kier alpha value is -1.88. The molecule has 0 N–H and O–H groups in total. The summed E-state index contributed by atoms with van der Waals surface area (Å²) < 4.78 is 69.7. The maximum absolute atomic E-state index is 13.2. The summed E-state index contributed by atoms with van der Waals surface area (Å²) in [5, 5.41) is 0.249. The van der Waals surface area contributed by atoms with Crippen molar-refractivity contribution in [3.8, 4) is 11.5 Å². The maximum atomic E-state index is 13.2. The minimum absolute atomic E-state index is 0.139. The van der Waals surface area contributed by atoms with E-state index in [1.54, 1.807) is 16.7 Å². The second-order valence-electron chi connectivity index (χ2n) is 5.71. The smallest absolute Gasteiger partial charge is 0.456 e. The third kappa shape index (κ3) is 4.09. The molecule has 0 aliphatic carbocycles. The molecule has 2 aromatic heterocycles. The van der Waals surface area contributed by atoms with Gasteiger partial charge in [0.1, 0.15) is 16.5 Å². The van der Waals surface area contributed by atoms with Gasteiger partial charge in [-0.1, -0.05) is 18.5 Å². The number of rotatable bonds is 5. The van der Waals surface area contributed by atoms with E-state index in [9.17, 15) is 22.0 Å². The molecule has 2 aromatic rings. The predicted octanol–water partition coefficient (Wildman–Crippen LogP) is 4.68. The summed E-state index contributed by atoms with van der Waals surface area (Å²) in [6.07, 6.45) is -4.40. The van der Waals surface area contributed by atoms with E-state index >= 15 is 0 Å². The molecule has 0 radical (unpaired) electrons. The highest BCUT2D eigenvalue weighted by Crippen LogP contribution is 2.36. The Balaban J connectivity index is 1.91. The summed E-state index contributed by atoms with van der Waals surface area (Å²) >= 11 is 7.51. The molecule has 0 fully saturated rings. The number of alkyl halides is 5. The summed E-state index contributed by atoms with van der Waals surface area (Å²) in [6.45, 7) is 0.587. The molecule has 152 valence electrons. The molecule has 12 heteroatoms. The molecule has 28 heavy (non-hydrogen) atoms. The van der Waals surface area contributed by atoms with Crippen molar-refractivity contribution in [2.75, 3.05) is 18.9 Å². The van der Waals surface area contributed by atoms with Crippen molar-refractivity contribution in [1.82, 2.24) is 14.5 Å². The summed E-state index contributed by atoms with van der Waals surface area (Å²) in [5.41, 5.74) is 0.695. The molecule has 1 aliphatic heterocycles. The fraction of sp³-hybridized carbons (Fsp3) is 0.438. The molecule has 1 aliphatic rings. The van der Waals surface area contributed by atoms with E-state index < -0.39 is 18.7 Å². The highest BCUT2D eigenvalue weighted by atomic mass is 35.5. The van der Waals surface area contributed by atoms with Gasteiger partial charge in [0, 0.05) is 11.4 Å². The first-order valence-electron chi connectivity index (χ1n) is 8.11. The van der Waals surface area contributed by atoms with Crippen LogP contribution in [0.3, 0.4) is 0 Å². The zero-order valence-electron chi connectivity index (χ0n) is 14.4. The summed E-state index contributed by atoms with van der Waals surface area (Å²) in [4.78, 5) is 13.3. The highest BCUT2D eigenvalue weighted by molar-refractivity contribution is 7.99. The molecule has 0 aromatic carbocycles. The Bertz CT molecular complexity index is 900. The molecule has 0 unspecified atom stereocenters. The predicted molar refractivity (Wildman–Crippen MR) is 95.2 cm³/mol.